The quantitative estimate of drug-likeness (QED) is 0.387. The van der Waals surface area contributed by atoms with Gasteiger partial charge in [0, 0.05) is 0 Å². The Morgan fingerprint density at radius 2 is 1.55 bits per heavy atom. The molecule has 0 aromatic rings. The van der Waals surface area contributed by atoms with Gasteiger partial charge in [-0.1, -0.05) is 35.8 Å². The highest BCUT2D eigenvalue weighted by atomic mass is 16.6. The Kier molecular flexibility index (Phi) is 12.2. The van der Waals surface area contributed by atoms with E-state index in [4.69, 9.17) is 4.74 Å². The van der Waals surface area contributed by atoms with Gasteiger partial charge in [0.1, 0.15) is 0 Å². The highest BCUT2D eigenvalue weighted by Crippen LogP contribution is 2.13. The van der Waals surface area contributed by atoms with Crippen molar-refractivity contribution in [2.24, 2.45) is 5.92 Å². The predicted octanol–water partition coefficient (Wildman–Crippen LogP) is 5.79. The fraction of sp³-hybridized carbons (Fsp3) is 0.700. The van der Waals surface area contributed by atoms with Crippen molar-refractivity contribution in [3.8, 4) is 0 Å². The van der Waals surface area contributed by atoms with Gasteiger partial charge < -0.3 is 9.84 Å². The first-order valence-electron chi connectivity index (χ1n) is 8.55. The number of ether oxygens (including phenoxy) is 1. The highest BCUT2D eigenvalue weighted by molar-refractivity contribution is 5.03. The van der Waals surface area contributed by atoms with Crippen molar-refractivity contribution in [1.29, 1.82) is 0 Å². The van der Waals surface area contributed by atoms with E-state index >= 15 is 0 Å². The lowest BCUT2D eigenvalue weighted by Gasteiger charge is -2.13. The van der Waals surface area contributed by atoms with E-state index in [2.05, 4.69) is 46.8 Å². The number of hydrogen-bond acceptors (Lipinski definition) is 2. The van der Waals surface area contributed by atoms with Crippen LogP contribution in [-0.2, 0) is 4.74 Å². The molecular formula is C20H36O2. The summed E-state index contributed by atoms with van der Waals surface area (Å²) >= 11 is 0. The second kappa shape index (κ2) is 12.7. The molecule has 128 valence electrons. The van der Waals surface area contributed by atoms with E-state index < -0.39 is 6.29 Å². The van der Waals surface area contributed by atoms with Crippen LogP contribution in [0.1, 0.15) is 73.6 Å². The van der Waals surface area contributed by atoms with E-state index in [-0.39, 0.29) is 0 Å². The summed E-state index contributed by atoms with van der Waals surface area (Å²) in [5.74, 6) is 0.630. The van der Waals surface area contributed by atoms with Crippen LogP contribution in [0.5, 0.6) is 0 Å². The van der Waals surface area contributed by atoms with Crippen molar-refractivity contribution in [2.75, 3.05) is 6.61 Å². The summed E-state index contributed by atoms with van der Waals surface area (Å²) in [6.45, 7) is 13.4. The molecule has 0 heterocycles. The van der Waals surface area contributed by atoms with Crippen LogP contribution >= 0.6 is 0 Å². The minimum Gasteiger partial charge on any atom is -0.365 e. The second-order valence-electron chi connectivity index (χ2n) is 6.85. The number of allylic oxidation sites excluding steroid dienone is 5. The number of aliphatic hydroxyl groups is 1. The van der Waals surface area contributed by atoms with Crippen molar-refractivity contribution in [3.63, 3.8) is 0 Å². The number of hydrogen-bond donors (Lipinski definition) is 1. The molecule has 0 radical (unpaired) electrons. The van der Waals surface area contributed by atoms with E-state index in [1.165, 1.54) is 23.1 Å². The zero-order chi connectivity index (χ0) is 17.0. The molecule has 0 aliphatic carbocycles. The predicted molar refractivity (Wildman–Crippen MR) is 96.8 cm³/mol. The molecule has 0 saturated heterocycles. The zero-order valence-electron chi connectivity index (χ0n) is 15.5. The summed E-state index contributed by atoms with van der Waals surface area (Å²) in [6, 6.07) is 0. The molecule has 0 bridgehead atoms. The maximum absolute atomic E-state index is 9.87. The van der Waals surface area contributed by atoms with Crippen LogP contribution in [0.15, 0.2) is 34.9 Å². The molecule has 2 nitrogen and oxygen atoms in total. The Bertz CT molecular complexity index is 369. The third-order valence-electron chi connectivity index (χ3n) is 3.63. The van der Waals surface area contributed by atoms with Crippen LogP contribution in [0.4, 0.5) is 0 Å². The standard InChI is InChI=1S/C20H36O2/c1-16(2)9-7-11-18(5)13-14-22-20(21)15-19(6)12-8-10-17(3)4/h9-10,15,18,20-21H,7-8,11-14H2,1-6H3/b19-15+/t18-,20?/m1/s1. The Morgan fingerprint density at radius 3 is 2.14 bits per heavy atom. The smallest absolute Gasteiger partial charge is 0.174 e. The van der Waals surface area contributed by atoms with Gasteiger partial charge in [-0.2, -0.15) is 0 Å². The molecule has 0 fully saturated rings. The van der Waals surface area contributed by atoms with E-state index in [9.17, 15) is 5.11 Å². The SMILES string of the molecule is CC(C)=CCC/C(C)=C/C(O)OCC[C@H](C)CCC=C(C)C. The van der Waals surface area contributed by atoms with Crippen LogP contribution in [0, 0.1) is 5.92 Å². The Balaban J connectivity index is 3.85. The maximum atomic E-state index is 9.87. The molecule has 0 aliphatic rings. The summed E-state index contributed by atoms with van der Waals surface area (Å²) in [7, 11) is 0. The first kappa shape index (κ1) is 21.1. The molecule has 0 saturated carbocycles. The van der Waals surface area contributed by atoms with Crippen LogP contribution in [-0.4, -0.2) is 18.0 Å². The molecule has 0 spiro atoms. The monoisotopic (exact) mass is 308 g/mol. The summed E-state index contributed by atoms with van der Waals surface area (Å²) in [6.07, 6.45) is 10.9. The molecular weight excluding hydrogens is 272 g/mol. The van der Waals surface area contributed by atoms with Crippen LogP contribution in [0.2, 0.25) is 0 Å². The van der Waals surface area contributed by atoms with Gasteiger partial charge in [0.05, 0.1) is 6.61 Å². The fourth-order valence-electron chi connectivity index (χ4n) is 2.15. The number of rotatable bonds is 11. The van der Waals surface area contributed by atoms with Gasteiger partial charge in [-0.15, -0.1) is 0 Å². The molecule has 0 aromatic carbocycles. The van der Waals surface area contributed by atoms with Gasteiger partial charge in [-0.3, -0.25) is 0 Å². The second-order valence-corrected chi connectivity index (χ2v) is 6.85. The van der Waals surface area contributed by atoms with Crippen molar-refractivity contribution < 1.29 is 9.84 Å². The molecule has 0 amide bonds. The highest BCUT2D eigenvalue weighted by Gasteiger charge is 2.05. The van der Waals surface area contributed by atoms with Gasteiger partial charge in [0.25, 0.3) is 0 Å². The summed E-state index contributed by atoms with van der Waals surface area (Å²) in [5.41, 5.74) is 3.90. The van der Waals surface area contributed by atoms with Crippen molar-refractivity contribution in [2.45, 2.75) is 79.9 Å². The first-order valence-corrected chi connectivity index (χ1v) is 8.55. The molecule has 2 heteroatoms. The van der Waals surface area contributed by atoms with Gasteiger partial charge in [-0.05, 0) is 78.7 Å². The fourth-order valence-corrected chi connectivity index (χ4v) is 2.15. The molecule has 1 N–H and O–H groups in total. The van der Waals surface area contributed by atoms with E-state index in [0.717, 1.165) is 25.7 Å². The Hall–Kier alpha value is -0.860. The minimum atomic E-state index is -0.767. The lowest BCUT2D eigenvalue weighted by Crippen LogP contribution is -2.12. The van der Waals surface area contributed by atoms with Crippen molar-refractivity contribution >= 4 is 0 Å². The third-order valence-corrected chi connectivity index (χ3v) is 3.63. The summed E-state index contributed by atoms with van der Waals surface area (Å²) < 4.78 is 5.49. The van der Waals surface area contributed by atoms with Crippen LogP contribution < -0.4 is 0 Å². The largest absolute Gasteiger partial charge is 0.365 e. The first-order chi connectivity index (χ1) is 10.3. The van der Waals surface area contributed by atoms with Crippen molar-refractivity contribution in [3.05, 3.63) is 34.9 Å². The van der Waals surface area contributed by atoms with Gasteiger partial charge in [0.15, 0.2) is 6.29 Å². The Morgan fingerprint density at radius 1 is 0.955 bits per heavy atom. The average Bonchev–Trinajstić information content (AvgIpc) is 2.37. The molecule has 0 aliphatic heterocycles. The zero-order valence-corrected chi connectivity index (χ0v) is 15.5. The van der Waals surface area contributed by atoms with Crippen LogP contribution in [0.3, 0.4) is 0 Å². The van der Waals surface area contributed by atoms with Crippen molar-refractivity contribution in [1.82, 2.24) is 0 Å². The Labute approximate surface area is 138 Å². The van der Waals surface area contributed by atoms with Gasteiger partial charge >= 0.3 is 0 Å². The molecule has 2 atom stereocenters. The maximum Gasteiger partial charge on any atom is 0.174 e. The molecule has 22 heavy (non-hydrogen) atoms. The summed E-state index contributed by atoms with van der Waals surface area (Å²) in [5, 5.41) is 9.87. The lowest BCUT2D eigenvalue weighted by atomic mass is 10.0. The summed E-state index contributed by atoms with van der Waals surface area (Å²) in [4.78, 5) is 0. The topological polar surface area (TPSA) is 29.5 Å². The normalized spacial score (nSPS) is 14.4. The van der Waals surface area contributed by atoms with E-state index in [1.54, 1.807) is 0 Å². The van der Waals surface area contributed by atoms with E-state index in [0.29, 0.717) is 12.5 Å². The van der Waals surface area contributed by atoms with Gasteiger partial charge in [0.2, 0.25) is 0 Å². The number of aliphatic hydroxyl groups excluding tert-OH is 1. The third kappa shape index (κ3) is 14.1. The average molecular weight is 309 g/mol. The molecule has 0 aromatic heterocycles. The lowest BCUT2D eigenvalue weighted by molar-refractivity contribution is -0.0679. The van der Waals surface area contributed by atoms with Gasteiger partial charge in [-0.25, -0.2) is 0 Å². The minimum absolute atomic E-state index is 0.620. The van der Waals surface area contributed by atoms with Crippen LogP contribution in [0.25, 0.3) is 0 Å². The molecule has 1 unspecified atom stereocenters. The molecule has 0 rings (SSSR count). The van der Waals surface area contributed by atoms with E-state index in [1.807, 2.05) is 13.0 Å².